The van der Waals surface area contributed by atoms with E-state index in [-0.39, 0.29) is 0 Å². The van der Waals surface area contributed by atoms with E-state index in [1.807, 2.05) is 6.92 Å². The van der Waals surface area contributed by atoms with Crippen LogP contribution in [0, 0.1) is 20.8 Å². The van der Waals surface area contributed by atoms with Gasteiger partial charge in [-0.15, -0.1) is 0 Å². The summed E-state index contributed by atoms with van der Waals surface area (Å²) in [4.78, 5) is 0. The molecule has 0 aliphatic carbocycles. The zero-order valence-electron chi connectivity index (χ0n) is 16.5. The summed E-state index contributed by atoms with van der Waals surface area (Å²) in [5.41, 5.74) is 7.72. The maximum Gasteiger partial charge on any atom is -0.0219 e. The smallest absolute Gasteiger partial charge is 0.0219 e. The van der Waals surface area contributed by atoms with E-state index in [9.17, 15) is 0 Å². The second-order valence-electron chi connectivity index (χ2n) is 6.83. The topological polar surface area (TPSA) is 0 Å². The summed E-state index contributed by atoms with van der Waals surface area (Å²) >= 11 is 0. The molecule has 0 bridgehead atoms. The maximum absolute atomic E-state index is 4.45. The van der Waals surface area contributed by atoms with Crippen LogP contribution in [0.25, 0.3) is 6.08 Å². The molecule has 1 heteroatoms. The monoisotopic (exact) mass is 340 g/mol. The number of rotatable bonds is 6. The highest BCUT2D eigenvalue weighted by Crippen LogP contribution is 2.42. The highest BCUT2D eigenvalue weighted by molar-refractivity contribution is 7.66. The van der Waals surface area contributed by atoms with Crippen molar-refractivity contribution >= 4 is 18.9 Å². The van der Waals surface area contributed by atoms with Gasteiger partial charge in [0.2, 0.25) is 0 Å². The lowest BCUT2D eigenvalue weighted by Crippen LogP contribution is -1.91. The Labute approximate surface area is 150 Å². The Morgan fingerprint density at radius 2 is 1.71 bits per heavy atom. The van der Waals surface area contributed by atoms with E-state index < -0.39 is 7.55 Å². The van der Waals surface area contributed by atoms with Gasteiger partial charge in [0.05, 0.1) is 0 Å². The van der Waals surface area contributed by atoms with Crippen LogP contribution in [0.3, 0.4) is 0 Å². The molecule has 1 atom stereocenters. The summed E-state index contributed by atoms with van der Waals surface area (Å²) in [5.74, 6) is 2.33. The third-order valence-corrected chi connectivity index (χ3v) is 7.37. The number of hydrogen-bond acceptors (Lipinski definition) is 0. The molecule has 0 saturated heterocycles. The van der Waals surface area contributed by atoms with Gasteiger partial charge in [0.25, 0.3) is 0 Å². The van der Waals surface area contributed by atoms with Crippen LogP contribution in [0.4, 0.5) is 0 Å². The minimum Gasteiger partial charge on any atom is -0.0961 e. The largest absolute Gasteiger partial charge is 0.0961 e. The quantitative estimate of drug-likeness (QED) is 0.373. The normalized spacial score (nSPS) is 14.0. The predicted octanol–water partition coefficient (Wildman–Crippen LogP) is 7.44. The standard InChI is InChI=1S/C23H33P/c1-10-20(7)24(12-11-16(2)3)22(9)19(6)15-23-14-17(4)13-18(5)21(23)8/h11-15,24H,2,9-10H2,1,3-8H3/b12-11-,19-15+. The molecule has 0 amide bonds. The van der Waals surface area contributed by atoms with Crippen LogP contribution in [-0.4, -0.2) is 5.29 Å². The molecule has 0 aliphatic heterocycles. The summed E-state index contributed by atoms with van der Waals surface area (Å²) < 4.78 is 0. The fourth-order valence-electron chi connectivity index (χ4n) is 2.67. The van der Waals surface area contributed by atoms with Crippen LogP contribution in [-0.2, 0) is 0 Å². The first-order chi connectivity index (χ1) is 11.2. The van der Waals surface area contributed by atoms with Crippen LogP contribution < -0.4 is 0 Å². The Morgan fingerprint density at radius 3 is 2.25 bits per heavy atom. The molecule has 0 radical (unpaired) electrons. The van der Waals surface area contributed by atoms with Crippen LogP contribution in [0.15, 0.2) is 53.6 Å². The van der Waals surface area contributed by atoms with Gasteiger partial charge in [-0.2, -0.15) is 0 Å². The molecule has 0 heterocycles. The Kier molecular flexibility index (Phi) is 7.77. The zero-order chi connectivity index (χ0) is 18.4. The van der Waals surface area contributed by atoms with Crippen LogP contribution in [0.1, 0.15) is 56.4 Å². The fraction of sp³-hybridized carbons (Fsp3) is 0.348. The summed E-state index contributed by atoms with van der Waals surface area (Å²) in [6, 6.07) is 4.52. The first-order valence-electron chi connectivity index (χ1n) is 8.66. The molecule has 0 aliphatic rings. The molecule has 0 aromatic heterocycles. The van der Waals surface area contributed by atoms with Gasteiger partial charge < -0.3 is 0 Å². The lowest BCUT2D eigenvalue weighted by Gasteiger charge is -2.15. The minimum atomic E-state index is -0.884. The molecule has 1 aromatic carbocycles. The molecular formula is C23H33P. The van der Waals surface area contributed by atoms with Crippen molar-refractivity contribution in [2.24, 2.45) is 0 Å². The van der Waals surface area contributed by atoms with E-state index in [0.29, 0.717) is 0 Å². The molecular weight excluding hydrogens is 307 g/mol. The van der Waals surface area contributed by atoms with Crippen molar-refractivity contribution in [2.45, 2.75) is 54.9 Å². The summed E-state index contributed by atoms with van der Waals surface area (Å²) in [6.45, 7) is 23.7. The molecule has 24 heavy (non-hydrogen) atoms. The molecule has 0 nitrogen and oxygen atoms in total. The highest BCUT2D eigenvalue weighted by Gasteiger charge is 2.06. The molecule has 0 saturated carbocycles. The number of hydrogen-bond donors (Lipinski definition) is 0. The van der Waals surface area contributed by atoms with Crippen LogP contribution in [0.5, 0.6) is 0 Å². The summed E-state index contributed by atoms with van der Waals surface area (Å²) in [5, 5.41) is 2.81. The van der Waals surface area contributed by atoms with Crippen molar-refractivity contribution in [3.05, 3.63) is 75.9 Å². The molecule has 1 rings (SSSR count). The van der Waals surface area contributed by atoms with Gasteiger partial charge in [0.1, 0.15) is 0 Å². The molecule has 1 unspecified atom stereocenters. The molecule has 0 spiro atoms. The first kappa shape index (κ1) is 20.5. The van der Waals surface area contributed by atoms with E-state index in [4.69, 9.17) is 0 Å². The van der Waals surface area contributed by atoms with Crippen LogP contribution in [0.2, 0.25) is 0 Å². The number of benzene rings is 1. The van der Waals surface area contributed by atoms with Crippen molar-refractivity contribution in [1.82, 2.24) is 0 Å². The lowest BCUT2D eigenvalue weighted by molar-refractivity contribution is 1.28. The fourth-order valence-corrected chi connectivity index (χ4v) is 5.00. The lowest BCUT2D eigenvalue weighted by atomic mass is 9.98. The Bertz CT molecular complexity index is 740. The van der Waals surface area contributed by atoms with Gasteiger partial charge in [0, 0.05) is 0 Å². The number of aryl methyl sites for hydroxylation is 2. The van der Waals surface area contributed by atoms with Gasteiger partial charge in [-0.05, 0) is 75.5 Å². The van der Waals surface area contributed by atoms with E-state index in [1.54, 1.807) is 0 Å². The van der Waals surface area contributed by atoms with E-state index in [1.165, 1.54) is 38.4 Å². The number of allylic oxidation sites excluding steroid dienone is 4. The average molecular weight is 340 g/mol. The zero-order valence-corrected chi connectivity index (χ0v) is 17.5. The van der Waals surface area contributed by atoms with Gasteiger partial charge in [-0.3, -0.25) is 0 Å². The summed E-state index contributed by atoms with van der Waals surface area (Å²) in [7, 11) is -0.884. The first-order valence-corrected chi connectivity index (χ1v) is 10.2. The van der Waals surface area contributed by atoms with E-state index >= 15 is 0 Å². The molecule has 0 N–H and O–H groups in total. The predicted molar refractivity (Wildman–Crippen MR) is 117 cm³/mol. The summed E-state index contributed by atoms with van der Waals surface area (Å²) in [6.07, 6.45) is 5.55. The van der Waals surface area contributed by atoms with E-state index in [2.05, 4.69) is 84.8 Å². The second-order valence-corrected chi connectivity index (χ2v) is 9.45. The Balaban J connectivity index is 3.32. The average Bonchev–Trinajstić information content (AvgIpc) is 2.51. The maximum atomic E-state index is 4.45. The van der Waals surface area contributed by atoms with Crippen molar-refractivity contribution in [2.75, 3.05) is 0 Å². The van der Waals surface area contributed by atoms with Crippen molar-refractivity contribution in [3.8, 4) is 0 Å². The Hall–Kier alpha value is -1.52. The SMILES string of the molecule is C=C(C)/C=C\[PH](C(=C)/C(C)=C/c1cc(C)cc(C)c1C)=C(/C)CC. The Morgan fingerprint density at radius 1 is 1.08 bits per heavy atom. The third-order valence-electron chi connectivity index (χ3n) is 4.55. The van der Waals surface area contributed by atoms with Crippen LogP contribution >= 0.6 is 7.55 Å². The molecule has 0 fully saturated rings. The third kappa shape index (κ3) is 5.53. The van der Waals surface area contributed by atoms with Gasteiger partial charge in [-0.25, -0.2) is 0 Å². The van der Waals surface area contributed by atoms with Gasteiger partial charge >= 0.3 is 0 Å². The van der Waals surface area contributed by atoms with Gasteiger partial charge in [-0.1, -0.05) is 74.2 Å². The van der Waals surface area contributed by atoms with Gasteiger partial charge in [0.15, 0.2) is 0 Å². The highest BCUT2D eigenvalue weighted by atomic mass is 31.1. The van der Waals surface area contributed by atoms with Crippen molar-refractivity contribution < 1.29 is 0 Å². The minimum absolute atomic E-state index is 0.884. The van der Waals surface area contributed by atoms with E-state index in [0.717, 1.165) is 12.0 Å². The molecule has 130 valence electrons. The second kappa shape index (κ2) is 9.09. The van der Waals surface area contributed by atoms with Crippen molar-refractivity contribution in [1.29, 1.82) is 0 Å². The van der Waals surface area contributed by atoms with Crippen molar-refractivity contribution in [3.63, 3.8) is 0 Å². The molecule has 1 aromatic rings.